The van der Waals surface area contributed by atoms with Crippen molar-refractivity contribution in [3.8, 4) is 17.5 Å². The second-order valence-corrected chi connectivity index (χ2v) is 4.40. The lowest BCUT2D eigenvalue weighted by Crippen LogP contribution is -2.74. The molecule has 0 atom stereocenters. The van der Waals surface area contributed by atoms with E-state index in [9.17, 15) is 4.39 Å². The lowest BCUT2D eigenvalue weighted by molar-refractivity contribution is -0.825. The zero-order valence-corrected chi connectivity index (χ0v) is 10.5. The number of fused-ring (bicyclic) bond motifs is 1. The summed E-state index contributed by atoms with van der Waals surface area (Å²) in [6.45, 7) is 0.0676. The van der Waals surface area contributed by atoms with E-state index in [0.29, 0.717) is 15.7 Å². The Morgan fingerprint density at radius 1 is 1.67 bits per heavy atom. The number of aromatic nitrogens is 1. The molecule has 0 saturated carbocycles. The maximum atomic E-state index is 13.5. The van der Waals surface area contributed by atoms with Gasteiger partial charge >= 0.3 is 0 Å². The molecule has 0 bridgehead atoms. The van der Waals surface area contributed by atoms with E-state index in [1.807, 2.05) is 0 Å². The van der Waals surface area contributed by atoms with Gasteiger partial charge in [0.2, 0.25) is 5.69 Å². The Morgan fingerprint density at radius 3 is 3.00 bits per heavy atom. The molecule has 0 aliphatic carbocycles. The number of nitrogens with two attached hydrogens (primary N) is 1. The van der Waals surface area contributed by atoms with Crippen LogP contribution in [0.15, 0.2) is 6.07 Å². The second kappa shape index (κ2) is 5.95. The van der Waals surface area contributed by atoms with E-state index in [1.165, 1.54) is 0 Å². The lowest BCUT2D eigenvalue weighted by atomic mass is 10.3. The van der Waals surface area contributed by atoms with Gasteiger partial charge in [-0.15, -0.1) is 6.42 Å². The number of halogens is 2. The van der Waals surface area contributed by atoms with Crippen LogP contribution in [0.3, 0.4) is 0 Å². The topological polar surface area (TPSA) is 90.5 Å². The van der Waals surface area contributed by atoms with Crippen molar-refractivity contribution in [2.45, 2.75) is 0 Å². The zero-order chi connectivity index (χ0) is 12.4. The molecule has 0 spiro atoms. The molecule has 5 nitrogen and oxygen atoms in total. The molecule has 1 aromatic carbocycles. The molecule has 0 saturated heterocycles. The fourth-order valence-corrected chi connectivity index (χ4v) is 2.53. The van der Waals surface area contributed by atoms with E-state index < -0.39 is 5.82 Å². The van der Waals surface area contributed by atoms with E-state index >= 15 is 0 Å². The Balaban J connectivity index is 0.00000162. The molecule has 18 heavy (non-hydrogen) atoms. The summed E-state index contributed by atoms with van der Waals surface area (Å²) in [5.74, 6) is 1.68. The van der Waals surface area contributed by atoms with Crippen molar-refractivity contribution in [1.29, 1.82) is 0 Å². The number of thiazole rings is 1. The Labute approximate surface area is 110 Å². The van der Waals surface area contributed by atoms with Gasteiger partial charge in [0, 0.05) is 6.07 Å². The highest BCUT2D eigenvalue weighted by atomic mass is 35.5. The van der Waals surface area contributed by atoms with Crippen molar-refractivity contribution < 1.29 is 25.3 Å². The lowest BCUT2D eigenvalue weighted by Gasteiger charge is -1.97. The summed E-state index contributed by atoms with van der Waals surface area (Å²) in [4.78, 5) is 4.07. The fourth-order valence-electron chi connectivity index (χ4n) is 1.30. The molecule has 0 amide bonds. The highest BCUT2D eigenvalue weighted by Crippen LogP contribution is 2.37. The minimum atomic E-state index is -0.614. The minimum Gasteiger partial charge on any atom is -0.457 e. The standard InChI is InChI=1S/C10H6ClFN2O2S.H2O/c1-2-3-16-10-13-7-5(11)4-6(12)8(14-15)9(7)17-10;/h1,4,14-15H,3H2;1H2/p+1. The third-order valence-electron chi connectivity index (χ3n) is 2.00. The number of ether oxygens (including phenoxy) is 1. The average molecular weight is 292 g/mol. The molecule has 1 heterocycles. The fraction of sp³-hybridized carbons (Fsp3) is 0.100. The van der Waals surface area contributed by atoms with Gasteiger partial charge in [0.25, 0.3) is 5.19 Å². The Bertz CT molecular complexity index is 611. The monoisotopic (exact) mass is 291 g/mol. The average Bonchev–Trinajstić information content (AvgIpc) is 2.71. The molecule has 0 aliphatic rings. The van der Waals surface area contributed by atoms with Gasteiger partial charge in [-0.1, -0.05) is 28.9 Å². The maximum Gasteiger partial charge on any atom is 0.275 e. The summed E-state index contributed by atoms with van der Waals surface area (Å²) in [7, 11) is 0. The van der Waals surface area contributed by atoms with E-state index in [1.54, 1.807) is 0 Å². The van der Waals surface area contributed by atoms with E-state index in [0.717, 1.165) is 17.4 Å². The van der Waals surface area contributed by atoms with Gasteiger partial charge < -0.3 is 10.2 Å². The van der Waals surface area contributed by atoms with Crippen LogP contribution in [0.2, 0.25) is 5.02 Å². The minimum absolute atomic E-state index is 0. The first-order valence-corrected chi connectivity index (χ1v) is 5.69. The first kappa shape index (κ1) is 14.6. The van der Waals surface area contributed by atoms with E-state index in [4.69, 9.17) is 28.0 Å². The smallest absolute Gasteiger partial charge is 0.275 e. The molecular weight excluding hydrogens is 283 g/mol. The van der Waals surface area contributed by atoms with Crippen LogP contribution in [0.5, 0.6) is 5.19 Å². The predicted octanol–water partition coefficient (Wildman–Crippen LogP) is 0.860. The number of hydrogen-bond acceptors (Lipinski definition) is 4. The summed E-state index contributed by atoms with van der Waals surface area (Å²) < 4.78 is 19.0. The normalized spacial score (nSPS) is 9.89. The number of nitrogens with zero attached hydrogens (tertiary/aromatic N) is 1. The van der Waals surface area contributed by atoms with Gasteiger partial charge in [-0.25, -0.2) is 14.6 Å². The summed E-state index contributed by atoms with van der Waals surface area (Å²) in [5.41, 5.74) is 1.10. The number of benzene rings is 1. The Hall–Kier alpha value is -1.43. The SMILES string of the molecule is C#CCOc1nc2c(Cl)cc(F)c([NH2+]O)c2s1.O. The molecular formula is C10H9ClFN2O3S+. The van der Waals surface area contributed by atoms with Gasteiger partial charge in [-0.05, 0) is 0 Å². The largest absolute Gasteiger partial charge is 0.457 e. The van der Waals surface area contributed by atoms with E-state index in [2.05, 4.69) is 10.9 Å². The molecule has 0 fully saturated rings. The van der Waals surface area contributed by atoms with Gasteiger partial charge in [-0.3, -0.25) is 0 Å². The zero-order valence-electron chi connectivity index (χ0n) is 8.91. The molecule has 0 unspecified atom stereocenters. The Morgan fingerprint density at radius 2 is 2.39 bits per heavy atom. The first-order chi connectivity index (χ1) is 8.17. The summed E-state index contributed by atoms with van der Waals surface area (Å²) in [6.07, 6.45) is 5.05. The van der Waals surface area contributed by atoms with Crippen LogP contribution in [-0.2, 0) is 0 Å². The van der Waals surface area contributed by atoms with Crippen molar-refractivity contribution in [3.63, 3.8) is 0 Å². The number of quaternary nitrogens is 1. The Kier molecular flexibility index (Phi) is 4.84. The van der Waals surface area contributed by atoms with Crippen molar-refractivity contribution in [2.75, 3.05) is 6.61 Å². The van der Waals surface area contributed by atoms with Crippen LogP contribution in [-0.4, -0.2) is 22.3 Å². The summed E-state index contributed by atoms with van der Waals surface area (Å²) >= 11 is 6.92. The van der Waals surface area contributed by atoms with Crippen molar-refractivity contribution in [2.24, 2.45) is 0 Å². The van der Waals surface area contributed by atoms with E-state index in [-0.39, 0.29) is 28.0 Å². The van der Waals surface area contributed by atoms with Crippen LogP contribution >= 0.6 is 22.9 Å². The van der Waals surface area contributed by atoms with Gasteiger partial charge in [0.15, 0.2) is 12.4 Å². The highest BCUT2D eigenvalue weighted by Gasteiger charge is 2.19. The molecule has 2 rings (SSSR count). The first-order valence-electron chi connectivity index (χ1n) is 4.49. The molecule has 1 aromatic heterocycles. The molecule has 5 N–H and O–H groups in total. The predicted molar refractivity (Wildman–Crippen MR) is 65.9 cm³/mol. The number of terminal acetylenes is 1. The molecule has 96 valence electrons. The van der Waals surface area contributed by atoms with Gasteiger partial charge in [0.05, 0.1) is 5.02 Å². The van der Waals surface area contributed by atoms with Crippen LogP contribution in [0.4, 0.5) is 10.1 Å². The molecule has 0 aliphatic heterocycles. The van der Waals surface area contributed by atoms with Crippen LogP contribution in [0.1, 0.15) is 0 Å². The number of rotatable bonds is 3. The van der Waals surface area contributed by atoms with Crippen LogP contribution < -0.4 is 10.2 Å². The molecule has 0 radical (unpaired) electrons. The highest BCUT2D eigenvalue weighted by molar-refractivity contribution is 7.20. The van der Waals surface area contributed by atoms with Crippen molar-refractivity contribution in [1.82, 2.24) is 4.98 Å². The third kappa shape index (κ3) is 2.53. The van der Waals surface area contributed by atoms with Crippen molar-refractivity contribution in [3.05, 3.63) is 16.9 Å². The summed E-state index contributed by atoms with van der Waals surface area (Å²) in [6, 6.07) is 1.09. The second-order valence-electron chi connectivity index (χ2n) is 3.03. The number of hydrogen-bond donors (Lipinski definition) is 2. The van der Waals surface area contributed by atoms with Gasteiger partial charge in [-0.2, -0.15) is 5.48 Å². The van der Waals surface area contributed by atoms with Crippen LogP contribution in [0, 0.1) is 18.2 Å². The third-order valence-corrected chi connectivity index (χ3v) is 3.29. The quantitative estimate of drug-likeness (QED) is 0.499. The van der Waals surface area contributed by atoms with Gasteiger partial charge in [0.1, 0.15) is 10.2 Å². The molecule has 8 heteroatoms. The summed E-state index contributed by atoms with van der Waals surface area (Å²) in [5, 5.41) is 9.44. The molecule has 2 aromatic rings. The van der Waals surface area contributed by atoms with Crippen LogP contribution in [0.25, 0.3) is 10.2 Å². The van der Waals surface area contributed by atoms with Crippen molar-refractivity contribution >= 4 is 38.8 Å². The maximum absolute atomic E-state index is 13.5.